The maximum Gasteiger partial charge on any atom is 0.341 e. The number of aryl methyl sites for hydroxylation is 1. The molecule has 3 heterocycles. The summed E-state index contributed by atoms with van der Waals surface area (Å²) in [4.78, 5) is 75.8. The topological polar surface area (TPSA) is 180 Å². The molecule has 16 heteroatoms. The maximum atomic E-state index is 15.5. The third kappa shape index (κ3) is 7.45. The lowest BCUT2D eigenvalue weighted by atomic mass is 9.96. The first-order valence-electron chi connectivity index (χ1n) is 14.6. The second-order valence-electron chi connectivity index (χ2n) is 10.9. The van der Waals surface area contributed by atoms with Gasteiger partial charge < -0.3 is 38.3 Å². The smallest absolute Gasteiger partial charge is 0.341 e. The Labute approximate surface area is 262 Å². The Morgan fingerprint density at radius 2 is 1.48 bits per heavy atom. The van der Waals surface area contributed by atoms with Crippen LogP contribution in [0.25, 0.3) is 10.9 Å². The van der Waals surface area contributed by atoms with Crippen molar-refractivity contribution in [2.75, 3.05) is 37.7 Å². The quantitative estimate of drug-likeness (QED) is 0.301. The monoisotopic (exact) mass is 649 g/mol. The van der Waals surface area contributed by atoms with Crippen molar-refractivity contribution in [3.8, 4) is 0 Å². The molecule has 0 radical (unpaired) electrons. The molecule has 0 spiro atoms. The summed E-state index contributed by atoms with van der Waals surface area (Å²) in [5.74, 6) is -4.96. The number of benzene rings is 1. The first-order chi connectivity index (χ1) is 21.7. The van der Waals surface area contributed by atoms with Crippen molar-refractivity contribution in [3.05, 3.63) is 39.9 Å². The number of pyridine rings is 1. The number of rotatable bonds is 9. The van der Waals surface area contributed by atoms with Crippen molar-refractivity contribution < 1.29 is 57.2 Å². The van der Waals surface area contributed by atoms with E-state index in [1.54, 1.807) is 21.3 Å². The van der Waals surface area contributed by atoms with Gasteiger partial charge in [-0.15, -0.1) is 0 Å². The zero-order chi connectivity index (χ0) is 33.9. The first kappa shape index (κ1) is 34.3. The van der Waals surface area contributed by atoms with E-state index in [0.717, 1.165) is 26.8 Å². The highest BCUT2D eigenvalue weighted by Gasteiger charge is 2.54. The summed E-state index contributed by atoms with van der Waals surface area (Å²) in [7, 11) is 0. The molecule has 4 rings (SSSR count). The molecule has 0 unspecified atom stereocenters. The lowest BCUT2D eigenvalue weighted by molar-refractivity contribution is -0.278. The number of nitrogens with zero attached hydrogens (tertiary/aromatic N) is 3. The fourth-order valence-electron chi connectivity index (χ4n) is 5.77. The van der Waals surface area contributed by atoms with E-state index >= 15 is 4.39 Å². The molecule has 0 saturated carbocycles. The highest BCUT2D eigenvalue weighted by molar-refractivity contribution is 5.93. The Morgan fingerprint density at radius 3 is 2.02 bits per heavy atom. The van der Waals surface area contributed by atoms with Gasteiger partial charge in [-0.05, 0) is 19.1 Å². The third-order valence-corrected chi connectivity index (χ3v) is 7.70. The molecular formula is C30H36FN3O12. The molecule has 5 atom stereocenters. The number of halogens is 1. The highest BCUT2D eigenvalue weighted by atomic mass is 19.1. The van der Waals surface area contributed by atoms with Crippen LogP contribution in [0.5, 0.6) is 0 Å². The van der Waals surface area contributed by atoms with Gasteiger partial charge in [0.2, 0.25) is 5.43 Å². The SMILES string of the molecule is CCn1cc(C(=O)O)c(=O)c2cc(F)c(N3CCN([C@@H]4O[C@H](COC(C)=O)[C@@H](OC(C)=O)[C@H](OC(C)=O)[C@H]4OC(C)=O)CC3)cc21. The number of ether oxygens (including phenoxy) is 5. The van der Waals surface area contributed by atoms with Crippen LogP contribution in [0.3, 0.4) is 0 Å². The summed E-state index contributed by atoms with van der Waals surface area (Å²) in [5.41, 5.74) is -0.680. The predicted octanol–water partition coefficient (Wildman–Crippen LogP) is 1.06. The number of carbonyl (C=O) groups is 5. The Balaban J connectivity index is 1.65. The molecule has 2 fully saturated rings. The van der Waals surface area contributed by atoms with Crippen molar-refractivity contribution >= 4 is 46.4 Å². The zero-order valence-electron chi connectivity index (χ0n) is 26.0. The van der Waals surface area contributed by atoms with Gasteiger partial charge in [-0.25, -0.2) is 9.18 Å². The fourth-order valence-corrected chi connectivity index (χ4v) is 5.77. The predicted molar refractivity (Wildman–Crippen MR) is 157 cm³/mol. The largest absolute Gasteiger partial charge is 0.477 e. The highest BCUT2D eigenvalue weighted by Crippen LogP contribution is 2.33. The van der Waals surface area contributed by atoms with E-state index < -0.39 is 77.3 Å². The second-order valence-corrected chi connectivity index (χ2v) is 10.9. The summed E-state index contributed by atoms with van der Waals surface area (Å²) in [6.45, 7) is 7.27. The summed E-state index contributed by atoms with van der Waals surface area (Å²) >= 11 is 0. The van der Waals surface area contributed by atoms with Crippen molar-refractivity contribution in [2.45, 2.75) is 71.8 Å². The number of hydrogen-bond acceptors (Lipinski definition) is 13. The Hall–Kier alpha value is -4.57. The third-order valence-electron chi connectivity index (χ3n) is 7.70. The van der Waals surface area contributed by atoms with Crippen LogP contribution in [0.4, 0.5) is 10.1 Å². The van der Waals surface area contributed by atoms with E-state index in [4.69, 9.17) is 23.7 Å². The van der Waals surface area contributed by atoms with Gasteiger partial charge >= 0.3 is 29.8 Å². The van der Waals surface area contributed by atoms with Gasteiger partial charge in [-0.3, -0.25) is 28.9 Å². The Kier molecular flexibility index (Phi) is 10.6. The summed E-state index contributed by atoms with van der Waals surface area (Å²) in [6, 6.07) is 2.54. The van der Waals surface area contributed by atoms with Gasteiger partial charge in [0, 0.05) is 72.0 Å². The molecular weight excluding hydrogens is 613 g/mol. The molecule has 46 heavy (non-hydrogen) atoms. The number of aromatic carboxylic acids is 1. The van der Waals surface area contributed by atoms with Crippen LogP contribution in [0.15, 0.2) is 23.1 Å². The number of aromatic nitrogens is 1. The number of carboxylic acids is 1. The van der Waals surface area contributed by atoms with Gasteiger partial charge in [0.05, 0.1) is 11.2 Å². The van der Waals surface area contributed by atoms with Gasteiger partial charge in [0.1, 0.15) is 24.1 Å². The van der Waals surface area contributed by atoms with E-state index in [2.05, 4.69) is 0 Å². The van der Waals surface area contributed by atoms with Crippen molar-refractivity contribution in [3.63, 3.8) is 0 Å². The lowest BCUT2D eigenvalue weighted by Crippen LogP contribution is -2.67. The normalized spacial score (nSPS) is 23.4. The van der Waals surface area contributed by atoms with E-state index in [-0.39, 0.29) is 43.9 Å². The van der Waals surface area contributed by atoms with Crippen LogP contribution >= 0.6 is 0 Å². The molecule has 1 aromatic heterocycles. The van der Waals surface area contributed by atoms with Crippen LogP contribution < -0.4 is 10.3 Å². The Morgan fingerprint density at radius 1 is 0.891 bits per heavy atom. The fraction of sp³-hybridized carbons (Fsp3) is 0.533. The molecule has 2 saturated heterocycles. The summed E-state index contributed by atoms with van der Waals surface area (Å²) < 4.78 is 44.9. The van der Waals surface area contributed by atoms with Crippen LogP contribution in [0, 0.1) is 5.82 Å². The second kappa shape index (κ2) is 14.2. The average Bonchev–Trinajstić information content (AvgIpc) is 2.97. The molecule has 0 amide bonds. The first-order valence-corrected chi connectivity index (χ1v) is 14.6. The Bertz CT molecular complexity index is 1580. The standard InChI is InChI=1S/C30H36FN3O12/c1-6-32-13-20(30(40)41)25(39)19-11-21(31)23(12-22(19)32)33-7-9-34(10-8-33)29-28(45-18(5)38)27(44-17(4)37)26(43-16(3)36)24(46-29)14-42-15(2)35/h11-13,24,26-29H,6-10,14H2,1-5H3,(H,40,41)/t24-,26-,27+,28-,29-/m1/s1. The average molecular weight is 650 g/mol. The minimum absolute atomic E-state index is 0.0564. The van der Waals surface area contributed by atoms with Crippen LogP contribution in [-0.4, -0.2) is 108 Å². The van der Waals surface area contributed by atoms with Crippen molar-refractivity contribution in [1.82, 2.24) is 9.47 Å². The molecule has 1 aromatic carbocycles. The maximum absolute atomic E-state index is 15.5. The molecule has 250 valence electrons. The van der Waals surface area contributed by atoms with Gasteiger partial charge in [0.15, 0.2) is 24.5 Å². The number of esters is 4. The van der Waals surface area contributed by atoms with E-state index in [9.17, 15) is 33.9 Å². The number of hydrogen-bond donors (Lipinski definition) is 1. The van der Waals surface area contributed by atoms with Gasteiger partial charge in [0.25, 0.3) is 0 Å². The number of fused-ring (bicyclic) bond motifs is 1. The van der Waals surface area contributed by atoms with Gasteiger partial charge in [-0.1, -0.05) is 0 Å². The minimum atomic E-state index is -1.41. The van der Waals surface area contributed by atoms with Crippen LogP contribution in [0.2, 0.25) is 0 Å². The lowest BCUT2D eigenvalue weighted by Gasteiger charge is -2.49. The molecule has 2 aliphatic rings. The van der Waals surface area contributed by atoms with E-state index in [1.165, 1.54) is 19.2 Å². The summed E-state index contributed by atoms with van der Waals surface area (Å²) in [6.07, 6.45) is -4.79. The number of anilines is 1. The minimum Gasteiger partial charge on any atom is -0.477 e. The molecule has 2 aromatic rings. The number of carboxylic acid groups (broad SMARTS) is 1. The molecule has 2 aliphatic heterocycles. The summed E-state index contributed by atoms with van der Waals surface area (Å²) in [5, 5.41) is 9.37. The molecule has 1 N–H and O–H groups in total. The molecule has 0 aliphatic carbocycles. The van der Waals surface area contributed by atoms with Crippen LogP contribution in [-0.2, 0) is 49.4 Å². The van der Waals surface area contributed by atoms with Crippen molar-refractivity contribution in [1.29, 1.82) is 0 Å². The molecule has 15 nitrogen and oxygen atoms in total. The zero-order valence-corrected chi connectivity index (χ0v) is 26.0. The van der Waals surface area contributed by atoms with Gasteiger partial charge in [-0.2, -0.15) is 0 Å². The van der Waals surface area contributed by atoms with E-state index in [1.807, 2.05) is 0 Å². The van der Waals surface area contributed by atoms with Crippen molar-refractivity contribution in [2.24, 2.45) is 0 Å². The van der Waals surface area contributed by atoms with Crippen LogP contribution in [0.1, 0.15) is 45.0 Å². The van der Waals surface area contributed by atoms with E-state index in [0.29, 0.717) is 12.1 Å². The molecule has 0 bridgehead atoms. The number of piperazine rings is 1. The number of carbonyl (C=O) groups excluding carboxylic acids is 4.